The van der Waals surface area contributed by atoms with E-state index < -0.39 is 0 Å². The third kappa shape index (κ3) is 4.13. The summed E-state index contributed by atoms with van der Waals surface area (Å²) in [6, 6.07) is 9.74. The van der Waals surface area contributed by atoms with Crippen molar-refractivity contribution in [1.82, 2.24) is 19.9 Å². The molecule has 0 spiro atoms. The third-order valence-corrected chi connectivity index (χ3v) is 6.18. The van der Waals surface area contributed by atoms with Gasteiger partial charge in [-0.15, -0.1) is 0 Å². The number of imidazole rings is 1. The Hall–Kier alpha value is -2.97. The molecule has 2 aromatic heterocycles. The predicted molar refractivity (Wildman–Crippen MR) is 117 cm³/mol. The minimum atomic E-state index is -0.0873. The first-order valence-electron chi connectivity index (χ1n) is 10.8. The van der Waals surface area contributed by atoms with Gasteiger partial charge in [-0.25, -0.2) is 4.98 Å². The fraction of sp³-hybridized carbons (Fsp3) is 0.435. The van der Waals surface area contributed by atoms with Gasteiger partial charge in [-0.2, -0.15) is 0 Å². The van der Waals surface area contributed by atoms with Crippen LogP contribution in [0.1, 0.15) is 15.9 Å². The van der Waals surface area contributed by atoms with Gasteiger partial charge in [0.1, 0.15) is 0 Å². The summed E-state index contributed by atoms with van der Waals surface area (Å²) in [5.74, 6) is 1.08. The van der Waals surface area contributed by atoms with Gasteiger partial charge in [-0.3, -0.25) is 9.78 Å². The van der Waals surface area contributed by atoms with Gasteiger partial charge >= 0.3 is 0 Å². The molecule has 2 atom stereocenters. The quantitative estimate of drug-likeness (QED) is 0.677. The molecule has 2 saturated heterocycles. The number of benzene rings is 1. The number of rotatable bonds is 5. The van der Waals surface area contributed by atoms with Gasteiger partial charge in [0.25, 0.3) is 5.91 Å². The molecule has 1 amide bonds. The first kappa shape index (κ1) is 20.0. The molecule has 0 unspecified atom stereocenters. The number of fused-ring (bicyclic) bond motifs is 1. The van der Waals surface area contributed by atoms with Gasteiger partial charge in [0.05, 0.1) is 43.5 Å². The van der Waals surface area contributed by atoms with E-state index in [1.165, 1.54) is 5.56 Å². The molecule has 3 aromatic rings. The second-order valence-corrected chi connectivity index (χ2v) is 8.21. The maximum atomic E-state index is 13.0. The van der Waals surface area contributed by atoms with Crippen LogP contribution in [0.3, 0.4) is 0 Å². The maximum absolute atomic E-state index is 13.0. The van der Waals surface area contributed by atoms with E-state index in [0.717, 1.165) is 36.5 Å². The largest absolute Gasteiger partial charge is 0.379 e. The van der Waals surface area contributed by atoms with Crippen molar-refractivity contribution in [2.75, 3.05) is 44.4 Å². The molecule has 2 aliphatic heterocycles. The highest BCUT2D eigenvalue weighted by Gasteiger charge is 2.30. The van der Waals surface area contributed by atoms with E-state index >= 15 is 0 Å². The van der Waals surface area contributed by atoms with Crippen LogP contribution in [-0.2, 0) is 22.9 Å². The number of aromatic nitrogens is 3. The number of hydrogen-bond donors (Lipinski definition) is 1. The van der Waals surface area contributed by atoms with Gasteiger partial charge in [0.2, 0.25) is 5.95 Å². The summed E-state index contributed by atoms with van der Waals surface area (Å²) in [6.07, 6.45) is 4.45. The Balaban J connectivity index is 1.31. The van der Waals surface area contributed by atoms with Crippen LogP contribution in [0.5, 0.6) is 0 Å². The lowest BCUT2D eigenvalue weighted by molar-refractivity contribution is 0.0925. The van der Waals surface area contributed by atoms with Crippen LogP contribution >= 0.6 is 0 Å². The molecule has 1 aromatic carbocycles. The Morgan fingerprint density at radius 2 is 1.94 bits per heavy atom. The standard InChI is InChI=1S/C23H27N5O3/c1-27-21-3-2-17(13-19(21)26-23(27)28-8-10-30-11-9-28)22(29)25-20-15-31-14-18(20)12-16-4-6-24-7-5-16/h2-7,13,18,20H,8-12,14-15H2,1H3,(H,25,29)/t18-,20+/m1/s1. The van der Waals surface area contributed by atoms with E-state index in [1.807, 2.05) is 37.4 Å². The first-order valence-corrected chi connectivity index (χ1v) is 10.8. The summed E-state index contributed by atoms with van der Waals surface area (Å²) in [5, 5.41) is 3.17. The molecule has 2 fully saturated rings. The number of carbonyl (C=O) groups is 1. The number of aryl methyl sites for hydroxylation is 1. The van der Waals surface area contributed by atoms with Crippen molar-refractivity contribution in [3.63, 3.8) is 0 Å². The zero-order chi connectivity index (χ0) is 21.2. The lowest BCUT2D eigenvalue weighted by Gasteiger charge is -2.27. The normalized spacial score (nSPS) is 21.5. The second kappa shape index (κ2) is 8.64. The topological polar surface area (TPSA) is 81.5 Å². The molecule has 1 N–H and O–H groups in total. The Bertz CT molecular complexity index is 1060. The molecule has 4 heterocycles. The van der Waals surface area contributed by atoms with Crippen LogP contribution < -0.4 is 10.2 Å². The number of nitrogens with one attached hydrogen (secondary N) is 1. The van der Waals surface area contributed by atoms with Crippen molar-refractivity contribution in [3.05, 3.63) is 53.9 Å². The van der Waals surface area contributed by atoms with E-state index in [1.54, 1.807) is 12.4 Å². The average molecular weight is 422 g/mol. The number of morpholine rings is 1. The van der Waals surface area contributed by atoms with E-state index in [9.17, 15) is 4.79 Å². The molecule has 8 nitrogen and oxygen atoms in total. The molecule has 31 heavy (non-hydrogen) atoms. The minimum absolute atomic E-state index is 0.0102. The minimum Gasteiger partial charge on any atom is -0.379 e. The second-order valence-electron chi connectivity index (χ2n) is 8.21. The van der Waals surface area contributed by atoms with Crippen molar-refractivity contribution in [3.8, 4) is 0 Å². The summed E-state index contributed by atoms with van der Waals surface area (Å²) in [4.78, 5) is 24.1. The Morgan fingerprint density at radius 1 is 1.13 bits per heavy atom. The lowest BCUT2D eigenvalue weighted by atomic mass is 9.95. The van der Waals surface area contributed by atoms with Crippen LogP contribution in [0.4, 0.5) is 5.95 Å². The third-order valence-electron chi connectivity index (χ3n) is 6.18. The maximum Gasteiger partial charge on any atom is 0.251 e. The number of carbonyl (C=O) groups excluding carboxylic acids is 1. The number of hydrogen-bond acceptors (Lipinski definition) is 6. The van der Waals surface area contributed by atoms with Gasteiger partial charge in [0, 0.05) is 44.0 Å². The number of anilines is 1. The van der Waals surface area contributed by atoms with Gasteiger partial charge < -0.3 is 24.3 Å². The molecule has 0 saturated carbocycles. The van der Waals surface area contributed by atoms with E-state index in [2.05, 4.69) is 19.8 Å². The molecule has 162 valence electrons. The number of nitrogens with zero attached hydrogens (tertiary/aromatic N) is 4. The van der Waals surface area contributed by atoms with E-state index in [-0.39, 0.29) is 17.9 Å². The summed E-state index contributed by atoms with van der Waals surface area (Å²) in [7, 11) is 2.01. The molecule has 8 heteroatoms. The SMILES string of the molecule is Cn1c(N2CCOCC2)nc2cc(C(=O)N[C@H]3COC[C@H]3Cc3ccncc3)ccc21. The van der Waals surface area contributed by atoms with Crippen LogP contribution in [0.25, 0.3) is 11.0 Å². The van der Waals surface area contributed by atoms with Crippen molar-refractivity contribution < 1.29 is 14.3 Å². The van der Waals surface area contributed by atoms with Gasteiger partial charge in [0.15, 0.2) is 0 Å². The monoisotopic (exact) mass is 421 g/mol. The van der Waals surface area contributed by atoms with Crippen LogP contribution in [0.2, 0.25) is 0 Å². The smallest absolute Gasteiger partial charge is 0.251 e. The Labute approximate surface area is 181 Å². The lowest BCUT2D eigenvalue weighted by Crippen LogP contribution is -2.40. The van der Waals surface area contributed by atoms with E-state index in [4.69, 9.17) is 14.5 Å². The summed E-state index contributed by atoms with van der Waals surface area (Å²) in [6.45, 7) is 4.25. The number of pyridine rings is 1. The first-order chi connectivity index (χ1) is 15.2. The van der Waals surface area contributed by atoms with Crippen molar-refractivity contribution >= 4 is 22.9 Å². The highest BCUT2D eigenvalue weighted by Crippen LogP contribution is 2.24. The number of amides is 1. The van der Waals surface area contributed by atoms with Crippen LogP contribution in [0, 0.1) is 5.92 Å². The highest BCUT2D eigenvalue weighted by atomic mass is 16.5. The van der Waals surface area contributed by atoms with Crippen molar-refractivity contribution in [2.24, 2.45) is 13.0 Å². The predicted octanol–water partition coefficient (Wildman–Crippen LogP) is 1.79. The highest BCUT2D eigenvalue weighted by molar-refractivity contribution is 5.98. The summed E-state index contributed by atoms with van der Waals surface area (Å²) < 4.78 is 13.2. The molecule has 0 radical (unpaired) electrons. The molecule has 0 bridgehead atoms. The summed E-state index contributed by atoms with van der Waals surface area (Å²) in [5.41, 5.74) is 3.66. The molecule has 0 aliphatic carbocycles. The van der Waals surface area contributed by atoms with Crippen LogP contribution in [0.15, 0.2) is 42.7 Å². The van der Waals surface area contributed by atoms with Crippen molar-refractivity contribution in [1.29, 1.82) is 0 Å². The average Bonchev–Trinajstić information content (AvgIpc) is 3.38. The molecular weight excluding hydrogens is 394 g/mol. The zero-order valence-electron chi connectivity index (χ0n) is 17.7. The Kier molecular flexibility index (Phi) is 5.57. The Morgan fingerprint density at radius 3 is 2.74 bits per heavy atom. The molecule has 5 rings (SSSR count). The number of ether oxygens (including phenoxy) is 2. The summed E-state index contributed by atoms with van der Waals surface area (Å²) >= 11 is 0. The van der Waals surface area contributed by atoms with E-state index in [0.29, 0.717) is 32.0 Å². The zero-order valence-corrected chi connectivity index (χ0v) is 17.7. The van der Waals surface area contributed by atoms with Crippen LogP contribution in [-0.4, -0.2) is 66.0 Å². The molecule has 2 aliphatic rings. The van der Waals surface area contributed by atoms with Crippen molar-refractivity contribution in [2.45, 2.75) is 12.5 Å². The fourth-order valence-electron chi connectivity index (χ4n) is 4.41. The fourth-order valence-corrected chi connectivity index (χ4v) is 4.41. The molecular formula is C23H27N5O3. The van der Waals surface area contributed by atoms with Gasteiger partial charge in [-0.05, 0) is 42.3 Å². The van der Waals surface area contributed by atoms with Gasteiger partial charge in [-0.1, -0.05) is 0 Å².